The van der Waals surface area contributed by atoms with Crippen LogP contribution in [-0.2, 0) is 14.5 Å². The molecule has 1 aliphatic heterocycles. The number of Topliss-reactive ketones (excluding diaryl/α,β-unsaturated/α-hetero) is 4. The number of fused-ring (bicyclic) bond motifs is 3. The molecule has 13 aromatic carbocycles. The van der Waals surface area contributed by atoms with Gasteiger partial charge in [-0.15, -0.1) is 46.4 Å². The average molecular weight is 1860 g/mol. The molecule has 0 saturated carbocycles. The molecular weight excluding hydrogens is 1780 g/mol. The van der Waals surface area contributed by atoms with Crippen molar-refractivity contribution in [3.63, 3.8) is 0 Å². The molecule has 0 bridgehead atoms. The number of ketones is 4. The quantitative estimate of drug-likeness (QED) is 0.0155. The molecule has 0 aromatic heterocycles. The Balaban J connectivity index is 0.000000249. The zero-order chi connectivity index (χ0) is 92.8. The van der Waals surface area contributed by atoms with Crippen molar-refractivity contribution in [2.45, 2.75) is 118 Å². The number of halogens is 4. The van der Waals surface area contributed by atoms with Gasteiger partial charge in [0.05, 0.1) is 53.3 Å². The summed E-state index contributed by atoms with van der Waals surface area (Å²) in [7, 11) is 0. The largest absolute Gasteiger partial charge is 1.00 e. The monoisotopic (exact) mass is 1860 g/mol. The van der Waals surface area contributed by atoms with E-state index in [1.807, 2.05) is 109 Å². The van der Waals surface area contributed by atoms with E-state index in [2.05, 4.69) is 119 Å². The zero-order valence-corrected chi connectivity index (χ0v) is 82.0. The summed E-state index contributed by atoms with van der Waals surface area (Å²) in [5.74, 6) is 5.51. The summed E-state index contributed by atoms with van der Waals surface area (Å²) in [6, 6.07) is 79.2. The minimum Gasteiger partial charge on any atom is -1.00 e. The van der Waals surface area contributed by atoms with Crippen LogP contribution in [0.5, 0.6) is 46.0 Å². The molecule has 4 aliphatic rings. The van der Waals surface area contributed by atoms with Crippen LogP contribution in [0.15, 0.2) is 234 Å². The number of rotatable bonds is 17. The summed E-state index contributed by atoms with van der Waals surface area (Å²) in [6.07, 6.45) is 4.37. The van der Waals surface area contributed by atoms with Gasteiger partial charge in [-0.1, -0.05) is 183 Å². The van der Waals surface area contributed by atoms with Gasteiger partial charge in [0, 0.05) is 87.1 Å². The van der Waals surface area contributed by atoms with Crippen LogP contribution in [0.3, 0.4) is 0 Å². The van der Waals surface area contributed by atoms with Crippen molar-refractivity contribution in [2.24, 2.45) is 4.99 Å². The van der Waals surface area contributed by atoms with E-state index < -0.39 is 29.0 Å². The molecule has 13 aromatic rings. The fourth-order valence-electron chi connectivity index (χ4n) is 14.5. The van der Waals surface area contributed by atoms with Crippen LogP contribution in [0.2, 0.25) is 0 Å². The van der Waals surface area contributed by atoms with Gasteiger partial charge in [-0.25, -0.2) is 15.1 Å². The van der Waals surface area contributed by atoms with Crippen molar-refractivity contribution in [3.8, 4) is 82.4 Å². The second-order valence-electron chi connectivity index (χ2n) is 28.9. The average Bonchev–Trinajstić information content (AvgIpc) is 1.62. The van der Waals surface area contributed by atoms with Gasteiger partial charge in [0.2, 0.25) is 23.1 Å². The number of alkyl halides is 4. The van der Waals surface area contributed by atoms with Gasteiger partial charge in [0.25, 0.3) is 18.1 Å². The van der Waals surface area contributed by atoms with Crippen LogP contribution in [-0.4, -0.2) is 51.9 Å². The normalized spacial score (nSPS) is 12.6. The van der Waals surface area contributed by atoms with E-state index in [0.29, 0.717) is 96.0 Å². The fraction of sp³-hybridized carbons (Fsp3) is 0.194. The molecule has 0 fully saturated rings. The molecule has 4 unspecified atom stereocenters. The topological polar surface area (TPSA) is 348 Å². The second-order valence-corrected chi connectivity index (χ2v) is 30.5. The molecule has 17 rings (SSSR count). The molecule has 27 heteroatoms. The number of benzene rings is 12. The van der Waals surface area contributed by atoms with E-state index in [1.165, 1.54) is 22.3 Å². The first-order chi connectivity index (χ1) is 62.0. The standard InChI is InChI=1S/2C25H18N2O2.2C22H18O3.2C3H2N2.2CH2Cl2.CH2O3.2K.H/c1-3-14(2)15-7-9-16(10-8-15)29-21-12-11-18-22-17(21)5-4-6-19(22)24-23(18)20(13-26)25(28)27-24;1-4-15(2)16-8-10-17(11-9-16)29-22-13-12-19-23-18(22)6-5-7-20(23)25(28)24(19)21(14-26)27-3;2*1-3-13(2)14-7-9-15(10-8-14)25-19-12-11-18-20-16(19)5-4-6-17(20)21(23)22(18)24;2*4-2-1-3-5;2*2-1-3;2-1-4-3;;;/h4-12,14H,3H2,1-2H3;5-13,15H,4H2,1-2H3;2*4-13H,3H2,1-2H3;2*1H2;2*1H2;1,3H;;;/q;;;;;;;;;2*+1;-1/p-1/b;24-21-;;;;;;;;;;. The number of amides is 1. The van der Waals surface area contributed by atoms with Crippen LogP contribution in [0.1, 0.15) is 194 Å². The first-order valence-electron chi connectivity index (χ1n) is 40.3. The van der Waals surface area contributed by atoms with Gasteiger partial charge < -0.3 is 30.5 Å². The van der Waals surface area contributed by atoms with Crippen LogP contribution in [0.4, 0.5) is 0 Å². The van der Waals surface area contributed by atoms with Crippen molar-refractivity contribution in [2.75, 3.05) is 10.7 Å². The third kappa shape index (κ3) is 24.5. The van der Waals surface area contributed by atoms with Gasteiger partial charge in [-0.3, -0.25) is 33.6 Å². The maximum Gasteiger partial charge on any atom is 1.00 e. The molecule has 21 nitrogen and oxygen atoms in total. The number of nitriles is 6. The fourth-order valence-corrected chi connectivity index (χ4v) is 14.5. The minimum atomic E-state index is -0.457. The molecular formula is C103H82Cl4K2N8O13. The number of allylic oxidation sites excluding steroid dienone is 1. The number of carbonyl (C=O) groups is 6. The molecule has 1 heterocycles. The third-order valence-electron chi connectivity index (χ3n) is 21.7. The second kappa shape index (κ2) is 51.7. The van der Waals surface area contributed by atoms with E-state index in [9.17, 15) is 39.3 Å². The Morgan fingerprint density at radius 2 is 0.700 bits per heavy atom. The predicted molar refractivity (Wildman–Crippen MR) is 497 cm³/mol. The third-order valence-corrected chi connectivity index (χ3v) is 21.7. The number of aliphatic imine (C=N–C) groups is 1. The van der Waals surface area contributed by atoms with Crippen LogP contribution < -0.4 is 138 Å². The van der Waals surface area contributed by atoms with Gasteiger partial charge in [0.1, 0.15) is 70.5 Å². The van der Waals surface area contributed by atoms with Gasteiger partial charge >= 0.3 is 103 Å². The summed E-state index contributed by atoms with van der Waals surface area (Å²) in [5.41, 5.74) is 9.65. The van der Waals surface area contributed by atoms with Crippen molar-refractivity contribution < 1.29 is 162 Å². The van der Waals surface area contributed by atoms with Gasteiger partial charge in [0.15, 0.2) is 5.43 Å². The Kier molecular flexibility index (Phi) is 41.9. The Morgan fingerprint density at radius 3 is 0.992 bits per heavy atom. The Morgan fingerprint density at radius 1 is 0.415 bits per heavy atom. The van der Waals surface area contributed by atoms with E-state index in [4.69, 9.17) is 103 Å². The minimum absolute atomic E-state index is 0. The smallest absolute Gasteiger partial charge is 1.00 e. The van der Waals surface area contributed by atoms with Gasteiger partial charge in [-0.05, 0) is 174 Å². The summed E-state index contributed by atoms with van der Waals surface area (Å²) >= 11 is 19.1. The molecule has 130 heavy (non-hydrogen) atoms. The summed E-state index contributed by atoms with van der Waals surface area (Å²) in [5, 5.41) is 65.6. The van der Waals surface area contributed by atoms with Crippen LogP contribution in [0, 0.1) is 74.6 Å². The molecule has 0 spiro atoms. The summed E-state index contributed by atoms with van der Waals surface area (Å²) in [4.78, 5) is 91.9. The van der Waals surface area contributed by atoms with Crippen molar-refractivity contribution in [1.82, 2.24) is 0 Å². The number of hydrogen-bond donors (Lipinski definition) is 0. The maximum absolute atomic E-state index is 12.8. The van der Waals surface area contributed by atoms with E-state index in [1.54, 1.807) is 97.1 Å². The van der Waals surface area contributed by atoms with Crippen molar-refractivity contribution >= 4 is 153 Å². The first kappa shape index (κ1) is 105. The summed E-state index contributed by atoms with van der Waals surface area (Å²) < 4.78 is 24.4. The Bertz CT molecular complexity index is 6620. The molecule has 4 atom stereocenters. The Hall–Kier alpha value is -11.7. The SMILES string of the molecule is CCC(C)c1ccc(Oc2ccc3c4c(cccc24)C(=O)C3=O)cc1.CCC(C)c1ccc(Oc2ccc3c4c(cccc24)C(=O)C3=O)cc1.CCC(C)c1ccc(Oc2ccc3c4c(cccc24)C2=NC(=O)C(C#N)=C23)cc1.ClCCl.ClCCl.N#CCC#N.N#CCC#N.O=CO[O-].[C-]#[N+]/C(C#N)=c1\c(=O)c2cccc3c(Oc4ccc(C(C)CC)cc4)ccc1c32.[H-].[K+].[K+]. The van der Waals surface area contributed by atoms with Crippen LogP contribution >= 0.6 is 46.4 Å². The Labute approximate surface area is 858 Å². The summed E-state index contributed by atoms with van der Waals surface area (Å²) in [6.45, 7) is 24.6. The van der Waals surface area contributed by atoms with Crippen molar-refractivity contribution in [3.05, 3.63) is 306 Å². The number of hydrogen-bond acceptors (Lipinski definition) is 19. The van der Waals surface area contributed by atoms with E-state index in [0.717, 1.165) is 97.9 Å². The van der Waals surface area contributed by atoms with E-state index in [-0.39, 0.29) is 156 Å². The van der Waals surface area contributed by atoms with E-state index >= 15 is 0 Å². The number of carbonyl (C=O) groups excluding carboxylic acids is 6. The molecule has 0 saturated heterocycles. The van der Waals surface area contributed by atoms with Crippen LogP contribution in [0.25, 0.3) is 70.0 Å². The molecule has 3 aliphatic carbocycles. The maximum atomic E-state index is 12.8. The predicted octanol–water partition coefficient (Wildman–Crippen LogP) is 18.4. The molecule has 0 N–H and O–H groups in total. The zero-order valence-electron chi connectivity index (χ0n) is 73.7. The number of nitrogens with zero attached hydrogens (tertiary/aromatic N) is 8. The number of ether oxygens (including phenoxy) is 4. The molecule has 1 amide bonds. The molecule has 0 radical (unpaired) electrons. The van der Waals surface area contributed by atoms with Crippen molar-refractivity contribution in [1.29, 1.82) is 31.6 Å². The first-order valence-corrected chi connectivity index (χ1v) is 42.4. The molecule has 642 valence electrons. The van der Waals surface area contributed by atoms with Gasteiger partial charge in [-0.2, -0.15) is 26.3 Å².